The minimum absolute atomic E-state index is 0.0310. The molecule has 49 heavy (non-hydrogen) atoms. The molecule has 10 nitrogen and oxygen atoms in total. The van der Waals surface area contributed by atoms with Gasteiger partial charge in [0.15, 0.2) is 0 Å². The van der Waals surface area contributed by atoms with Crippen LogP contribution in [0.3, 0.4) is 0 Å². The number of aromatic nitrogens is 3. The largest absolute Gasteiger partial charge is 0.490 e. The highest BCUT2D eigenvalue weighted by molar-refractivity contribution is 6.30. The predicted octanol–water partition coefficient (Wildman–Crippen LogP) is 6.42. The monoisotopic (exact) mass is 682 g/mol. The van der Waals surface area contributed by atoms with Crippen molar-refractivity contribution in [3.8, 4) is 22.9 Å². The van der Waals surface area contributed by atoms with Gasteiger partial charge in [0.05, 0.1) is 42.6 Å². The molecule has 0 amide bonds. The molecule has 254 valence electrons. The average molecular weight is 683 g/mol. The predicted molar refractivity (Wildman–Crippen MR) is 187 cm³/mol. The fourth-order valence-corrected chi connectivity index (χ4v) is 6.38. The zero-order valence-corrected chi connectivity index (χ0v) is 28.4. The van der Waals surface area contributed by atoms with Gasteiger partial charge in [0.25, 0.3) is 0 Å². The lowest BCUT2D eigenvalue weighted by Gasteiger charge is -2.27. The van der Waals surface area contributed by atoms with E-state index in [1.807, 2.05) is 55.4 Å². The van der Waals surface area contributed by atoms with Crippen molar-refractivity contribution >= 4 is 28.6 Å². The van der Waals surface area contributed by atoms with Crippen molar-refractivity contribution in [2.75, 3.05) is 40.5 Å². The molecule has 11 heteroatoms. The highest BCUT2D eigenvalue weighted by Crippen LogP contribution is 2.32. The number of hydrogen-bond donors (Lipinski definition) is 1. The highest BCUT2D eigenvalue weighted by atomic mass is 35.5. The van der Waals surface area contributed by atoms with Crippen LogP contribution in [-0.4, -0.2) is 77.1 Å². The van der Waals surface area contributed by atoms with Crippen molar-refractivity contribution in [3.05, 3.63) is 105 Å². The summed E-state index contributed by atoms with van der Waals surface area (Å²) in [5.74, 6) is 0.788. The Balaban J connectivity index is 1.27. The number of carbonyl (C=O) groups is 1. The number of likely N-dealkylation sites (N-methyl/N-ethyl adjacent to an activating group) is 1. The van der Waals surface area contributed by atoms with Crippen LogP contribution in [0.25, 0.3) is 22.3 Å². The third-order valence-corrected chi connectivity index (χ3v) is 9.25. The Bertz CT molecular complexity index is 1990. The molecule has 4 heterocycles. The van der Waals surface area contributed by atoms with Crippen LogP contribution in [0.1, 0.15) is 44.9 Å². The van der Waals surface area contributed by atoms with Gasteiger partial charge < -0.3 is 33.5 Å². The first-order chi connectivity index (χ1) is 23.8. The van der Waals surface area contributed by atoms with Crippen LogP contribution in [0.2, 0.25) is 5.02 Å². The Morgan fingerprint density at radius 1 is 1.02 bits per heavy atom. The first-order valence-electron chi connectivity index (χ1n) is 16.5. The fourth-order valence-electron chi connectivity index (χ4n) is 6.18. The maximum Gasteiger partial charge on any atom is 0.335 e. The summed E-state index contributed by atoms with van der Waals surface area (Å²) >= 11 is 6.36. The summed E-state index contributed by atoms with van der Waals surface area (Å²) in [5, 5.41) is 10.7. The molecule has 1 fully saturated rings. The first kappa shape index (κ1) is 33.0. The average Bonchev–Trinajstić information content (AvgIpc) is 3.41. The number of benzene rings is 3. The van der Waals surface area contributed by atoms with Crippen molar-refractivity contribution in [1.29, 1.82) is 0 Å². The smallest absolute Gasteiger partial charge is 0.335 e. The Labute approximate surface area is 290 Å². The lowest BCUT2D eigenvalue weighted by molar-refractivity contribution is -0.0589. The van der Waals surface area contributed by atoms with E-state index in [4.69, 9.17) is 40.5 Å². The molecule has 1 saturated heterocycles. The maximum atomic E-state index is 12.2. The SMILES string of the molecule is CN(C)CCOc1cc(C(=O)O)cc2c1nc(Cc1ccc3cc1COCCc1cc(Cl)ccc1COc1cccc-3n1)n2C[C@@H]1CCO1. The maximum absolute atomic E-state index is 12.2. The van der Waals surface area contributed by atoms with Crippen LogP contribution in [0, 0.1) is 0 Å². The number of ether oxygens (including phenoxy) is 4. The molecule has 3 aromatic carbocycles. The van der Waals surface area contributed by atoms with Crippen molar-refractivity contribution < 1.29 is 28.8 Å². The summed E-state index contributed by atoms with van der Waals surface area (Å²) in [6, 6.07) is 21.2. The van der Waals surface area contributed by atoms with Gasteiger partial charge in [-0.05, 0) is 85.6 Å². The minimum Gasteiger partial charge on any atom is -0.490 e. The number of pyridine rings is 1. The minimum atomic E-state index is -1.02. The van der Waals surface area contributed by atoms with Gasteiger partial charge in [-0.2, -0.15) is 0 Å². The van der Waals surface area contributed by atoms with E-state index in [1.165, 1.54) is 0 Å². The quantitative estimate of drug-likeness (QED) is 0.188. The van der Waals surface area contributed by atoms with Crippen LogP contribution in [-0.2, 0) is 42.1 Å². The molecule has 0 saturated carbocycles. The van der Waals surface area contributed by atoms with Crippen LogP contribution in [0.4, 0.5) is 0 Å². The van der Waals surface area contributed by atoms with E-state index in [9.17, 15) is 9.90 Å². The second kappa shape index (κ2) is 14.6. The summed E-state index contributed by atoms with van der Waals surface area (Å²) in [6.07, 6.45) is 2.14. The molecular formula is C38H39ClN4O6. The third-order valence-electron chi connectivity index (χ3n) is 9.01. The van der Waals surface area contributed by atoms with E-state index in [0.29, 0.717) is 86.7 Å². The van der Waals surface area contributed by atoms with Crippen molar-refractivity contribution in [3.63, 3.8) is 0 Å². The fraction of sp³-hybridized carbons (Fsp3) is 0.342. The number of fused-ring (bicyclic) bond motifs is 7. The second-order valence-corrected chi connectivity index (χ2v) is 13.2. The molecule has 2 aliphatic heterocycles. The van der Waals surface area contributed by atoms with Gasteiger partial charge in [0, 0.05) is 36.2 Å². The standard InChI is InChI=1S/C38H39ClN4O6/c1-42(2)12-15-48-34-19-28(38(44)45)18-33-37(34)41-35(43(33)21-31-11-14-47-31)20-24-6-7-26-16-29(24)22-46-13-10-25-17-30(39)9-8-27(25)23-49-36-5-3-4-32(26)40-36/h3-9,16-19,31H,10-15,20-23H2,1-2H3,(H,44,45)/t31-/m0/s1. The van der Waals surface area contributed by atoms with Crippen LogP contribution in [0.15, 0.2) is 66.7 Å². The van der Waals surface area contributed by atoms with Gasteiger partial charge in [-0.25, -0.2) is 14.8 Å². The highest BCUT2D eigenvalue weighted by Gasteiger charge is 2.25. The number of imidazole rings is 1. The lowest BCUT2D eigenvalue weighted by atomic mass is 9.99. The Hall–Kier alpha value is -4.48. The Kier molecular flexibility index (Phi) is 9.81. The summed E-state index contributed by atoms with van der Waals surface area (Å²) in [4.78, 5) is 24.1. The molecular weight excluding hydrogens is 644 g/mol. The molecule has 2 aromatic heterocycles. The van der Waals surface area contributed by atoms with Gasteiger partial charge in [0.2, 0.25) is 5.88 Å². The van der Waals surface area contributed by atoms with E-state index in [1.54, 1.807) is 12.1 Å². The zero-order chi connectivity index (χ0) is 33.9. The van der Waals surface area contributed by atoms with E-state index in [0.717, 1.165) is 45.8 Å². The van der Waals surface area contributed by atoms with E-state index in [2.05, 4.69) is 22.8 Å². The molecule has 7 rings (SSSR count). The van der Waals surface area contributed by atoms with E-state index in [-0.39, 0.29) is 11.7 Å². The molecule has 0 aliphatic carbocycles. The molecule has 1 atom stereocenters. The van der Waals surface area contributed by atoms with Crippen molar-refractivity contribution in [1.82, 2.24) is 19.4 Å². The summed E-state index contributed by atoms with van der Waals surface area (Å²) in [7, 11) is 3.93. The van der Waals surface area contributed by atoms with Gasteiger partial charge >= 0.3 is 5.97 Å². The lowest BCUT2D eigenvalue weighted by Crippen LogP contribution is -2.31. The normalized spacial score (nSPS) is 16.0. The summed E-state index contributed by atoms with van der Waals surface area (Å²) in [6.45, 7) is 3.64. The van der Waals surface area contributed by atoms with Gasteiger partial charge in [-0.15, -0.1) is 0 Å². The Morgan fingerprint density at radius 3 is 2.69 bits per heavy atom. The van der Waals surface area contributed by atoms with E-state index < -0.39 is 5.97 Å². The van der Waals surface area contributed by atoms with Gasteiger partial charge in [-0.1, -0.05) is 35.9 Å². The van der Waals surface area contributed by atoms with E-state index >= 15 is 0 Å². The summed E-state index contributed by atoms with van der Waals surface area (Å²) < 4.78 is 26.5. The van der Waals surface area contributed by atoms with Crippen molar-refractivity contribution in [2.24, 2.45) is 0 Å². The number of rotatable bonds is 9. The zero-order valence-electron chi connectivity index (χ0n) is 27.7. The van der Waals surface area contributed by atoms with Crippen LogP contribution >= 0.6 is 11.6 Å². The van der Waals surface area contributed by atoms with Crippen molar-refractivity contribution in [2.45, 2.75) is 45.1 Å². The molecule has 2 aliphatic rings. The molecule has 4 bridgehead atoms. The molecule has 0 radical (unpaired) electrons. The second-order valence-electron chi connectivity index (χ2n) is 12.7. The number of carboxylic acids is 1. The number of halogens is 1. The van der Waals surface area contributed by atoms with Crippen LogP contribution < -0.4 is 9.47 Å². The summed E-state index contributed by atoms with van der Waals surface area (Å²) in [5.41, 5.74) is 7.45. The number of carboxylic acid groups (broad SMARTS) is 1. The molecule has 1 N–H and O–H groups in total. The van der Waals surface area contributed by atoms with Gasteiger partial charge in [0.1, 0.15) is 30.3 Å². The molecule has 5 aromatic rings. The van der Waals surface area contributed by atoms with Crippen LogP contribution in [0.5, 0.6) is 11.6 Å². The topological polar surface area (TPSA) is 108 Å². The number of hydrogen-bond acceptors (Lipinski definition) is 8. The molecule has 0 unspecified atom stereocenters. The number of nitrogens with zero attached hydrogens (tertiary/aromatic N) is 4. The first-order valence-corrected chi connectivity index (χ1v) is 16.9. The molecule has 0 spiro atoms. The van der Waals surface area contributed by atoms with Gasteiger partial charge in [-0.3, -0.25) is 0 Å². The Morgan fingerprint density at radius 2 is 1.90 bits per heavy atom. The third kappa shape index (κ3) is 7.58. The number of aromatic carboxylic acids is 1.